The molecule has 1 heterocycles. The first-order valence-electron chi connectivity index (χ1n) is 8.57. The van der Waals surface area contributed by atoms with E-state index >= 15 is 0 Å². The molecule has 1 fully saturated rings. The molecule has 6 heteroatoms. The number of hydrogen-bond acceptors (Lipinski definition) is 3. The molecule has 3 rings (SSSR count). The van der Waals surface area contributed by atoms with Gasteiger partial charge in [0.25, 0.3) is 0 Å². The molecule has 0 spiro atoms. The highest BCUT2D eigenvalue weighted by Gasteiger charge is 2.33. The van der Waals surface area contributed by atoms with E-state index in [4.69, 9.17) is 4.74 Å². The number of carbonyl (C=O) groups is 2. The molecular formula is C20H23N3O3. The summed E-state index contributed by atoms with van der Waals surface area (Å²) in [6.07, 6.45) is 0.585. The molecule has 0 saturated carbocycles. The van der Waals surface area contributed by atoms with E-state index < -0.39 is 12.1 Å². The standard InChI is InChI=1S/C20H23N3O3/c1-13-10-14(2)12-16(11-13)23-9-8-18(19(23)24)22-20(25)21-15-4-6-17(26-3)7-5-15/h4-7,10-12,18H,8-9H2,1-3H3,(H2,21,22,25)/t18-/m0/s1. The highest BCUT2D eigenvalue weighted by atomic mass is 16.5. The molecule has 1 atom stereocenters. The molecule has 1 aliphatic heterocycles. The highest BCUT2D eigenvalue weighted by Crippen LogP contribution is 2.24. The number of hydrogen-bond donors (Lipinski definition) is 2. The van der Waals surface area contributed by atoms with Crippen molar-refractivity contribution in [3.63, 3.8) is 0 Å². The monoisotopic (exact) mass is 353 g/mol. The maximum Gasteiger partial charge on any atom is 0.319 e. The van der Waals surface area contributed by atoms with Crippen molar-refractivity contribution in [2.24, 2.45) is 0 Å². The van der Waals surface area contributed by atoms with Crippen LogP contribution in [0.2, 0.25) is 0 Å². The van der Waals surface area contributed by atoms with E-state index in [1.165, 1.54) is 0 Å². The quantitative estimate of drug-likeness (QED) is 0.886. The van der Waals surface area contributed by atoms with Crippen molar-refractivity contribution in [3.05, 3.63) is 53.6 Å². The van der Waals surface area contributed by atoms with Gasteiger partial charge in [0.1, 0.15) is 11.8 Å². The Labute approximate surface area is 153 Å². The molecule has 0 aliphatic carbocycles. The van der Waals surface area contributed by atoms with Gasteiger partial charge in [0, 0.05) is 17.9 Å². The fraction of sp³-hybridized carbons (Fsp3) is 0.300. The third-order valence-electron chi connectivity index (χ3n) is 4.38. The van der Waals surface area contributed by atoms with Crippen LogP contribution in [0.25, 0.3) is 0 Å². The lowest BCUT2D eigenvalue weighted by molar-refractivity contribution is -0.118. The van der Waals surface area contributed by atoms with Crippen LogP contribution in [-0.4, -0.2) is 31.6 Å². The molecular weight excluding hydrogens is 330 g/mol. The van der Waals surface area contributed by atoms with Gasteiger partial charge in [-0.2, -0.15) is 0 Å². The van der Waals surface area contributed by atoms with E-state index in [0.717, 1.165) is 16.8 Å². The number of nitrogens with one attached hydrogen (secondary N) is 2. The summed E-state index contributed by atoms with van der Waals surface area (Å²) in [4.78, 5) is 26.6. The minimum atomic E-state index is -0.519. The van der Waals surface area contributed by atoms with Gasteiger partial charge in [-0.15, -0.1) is 0 Å². The number of anilines is 2. The SMILES string of the molecule is COc1ccc(NC(=O)N[C@H]2CCN(c3cc(C)cc(C)c3)C2=O)cc1. The second-order valence-electron chi connectivity index (χ2n) is 6.50. The number of carbonyl (C=O) groups excluding carboxylic acids is 2. The Bertz CT molecular complexity index is 797. The van der Waals surface area contributed by atoms with Crippen LogP contribution in [0.15, 0.2) is 42.5 Å². The summed E-state index contributed by atoms with van der Waals surface area (Å²) < 4.78 is 5.09. The van der Waals surface area contributed by atoms with Crippen molar-refractivity contribution in [3.8, 4) is 5.75 Å². The second-order valence-corrected chi connectivity index (χ2v) is 6.50. The molecule has 136 valence electrons. The summed E-state index contributed by atoms with van der Waals surface area (Å²) >= 11 is 0. The lowest BCUT2D eigenvalue weighted by Gasteiger charge is -2.18. The van der Waals surface area contributed by atoms with Gasteiger partial charge in [-0.1, -0.05) is 6.07 Å². The van der Waals surface area contributed by atoms with E-state index in [1.54, 1.807) is 36.3 Å². The summed E-state index contributed by atoms with van der Waals surface area (Å²) in [5.74, 6) is 0.630. The van der Waals surface area contributed by atoms with Crippen LogP contribution in [0.4, 0.5) is 16.2 Å². The fourth-order valence-electron chi connectivity index (χ4n) is 3.18. The molecule has 0 unspecified atom stereocenters. The Kier molecular flexibility index (Phi) is 5.11. The summed E-state index contributed by atoms with van der Waals surface area (Å²) in [6, 6.07) is 12.2. The number of urea groups is 1. The van der Waals surface area contributed by atoms with Gasteiger partial charge < -0.3 is 20.3 Å². The van der Waals surface area contributed by atoms with Gasteiger partial charge in [0.05, 0.1) is 7.11 Å². The van der Waals surface area contributed by atoms with Crippen molar-refractivity contribution < 1.29 is 14.3 Å². The smallest absolute Gasteiger partial charge is 0.319 e. The first kappa shape index (κ1) is 17.8. The number of methoxy groups -OCH3 is 1. The third-order valence-corrected chi connectivity index (χ3v) is 4.38. The van der Waals surface area contributed by atoms with Crippen molar-refractivity contribution in [2.75, 3.05) is 23.9 Å². The van der Waals surface area contributed by atoms with Crippen LogP contribution >= 0.6 is 0 Å². The van der Waals surface area contributed by atoms with Crippen molar-refractivity contribution in [1.82, 2.24) is 5.32 Å². The fourth-order valence-corrected chi connectivity index (χ4v) is 3.18. The average molecular weight is 353 g/mol. The van der Waals surface area contributed by atoms with Gasteiger partial charge in [0.2, 0.25) is 5.91 Å². The molecule has 2 aromatic rings. The molecule has 6 nitrogen and oxygen atoms in total. The van der Waals surface area contributed by atoms with Crippen molar-refractivity contribution in [1.29, 1.82) is 0 Å². The Morgan fingerprint density at radius 1 is 1.12 bits per heavy atom. The van der Waals surface area contributed by atoms with Crippen molar-refractivity contribution >= 4 is 23.3 Å². The number of amides is 3. The van der Waals surface area contributed by atoms with Gasteiger partial charge >= 0.3 is 6.03 Å². The summed E-state index contributed by atoms with van der Waals surface area (Å²) in [6.45, 7) is 4.61. The number of nitrogens with zero attached hydrogens (tertiary/aromatic N) is 1. The predicted octanol–water partition coefficient (Wildman–Crippen LogP) is 3.24. The van der Waals surface area contributed by atoms with E-state index in [2.05, 4.69) is 16.7 Å². The number of aryl methyl sites for hydroxylation is 2. The third kappa shape index (κ3) is 3.96. The average Bonchev–Trinajstić information content (AvgIpc) is 2.95. The largest absolute Gasteiger partial charge is 0.497 e. The van der Waals surface area contributed by atoms with Crippen LogP contribution in [0.5, 0.6) is 5.75 Å². The highest BCUT2D eigenvalue weighted by molar-refractivity contribution is 6.02. The minimum absolute atomic E-state index is 0.0834. The second kappa shape index (κ2) is 7.47. The van der Waals surface area contributed by atoms with Gasteiger partial charge in [-0.25, -0.2) is 4.79 Å². The molecule has 0 radical (unpaired) electrons. The molecule has 1 aliphatic rings. The first-order valence-corrected chi connectivity index (χ1v) is 8.57. The van der Waals surface area contributed by atoms with Gasteiger partial charge in [-0.3, -0.25) is 4.79 Å². The summed E-state index contributed by atoms with van der Waals surface area (Å²) in [7, 11) is 1.59. The van der Waals surface area contributed by atoms with Gasteiger partial charge in [-0.05, 0) is 67.8 Å². The van der Waals surface area contributed by atoms with E-state index in [0.29, 0.717) is 24.4 Å². The lowest BCUT2D eigenvalue weighted by Crippen LogP contribution is -2.43. The van der Waals surface area contributed by atoms with E-state index in [1.807, 2.05) is 26.0 Å². The number of rotatable bonds is 4. The van der Waals surface area contributed by atoms with Crippen LogP contribution in [0.3, 0.4) is 0 Å². The molecule has 2 aromatic carbocycles. The zero-order chi connectivity index (χ0) is 18.7. The summed E-state index contributed by atoms with van der Waals surface area (Å²) in [5, 5.41) is 5.50. The molecule has 26 heavy (non-hydrogen) atoms. The zero-order valence-electron chi connectivity index (χ0n) is 15.2. The summed E-state index contributed by atoms with van der Waals surface area (Å²) in [5.41, 5.74) is 3.75. The van der Waals surface area contributed by atoms with E-state index in [9.17, 15) is 9.59 Å². The van der Waals surface area contributed by atoms with E-state index in [-0.39, 0.29) is 5.91 Å². The molecule has 2 N–H and O–H groups in total. The van der Waals surface area contributed by atoms with Gasteiger partial charge in [0.15, 0.2) is 0 Å². The Balaban J connectivity index is 1.61. The normalized spacial score (nSPS) is 16.5. The van der Waals surface area contributed by atoms with Crippen LogP contribution in [0, 0.1) is 13.8 Å². The molecule has 3 amide bonds. The van der Waals surface area contributed by atoms with Crippen LogP contribution in [-0.2, 0) is 4.79 Å². The minimum Gasteiger partial charge on any atom is -0.497 e. The zero-order valence-corrected chi connectivity index (χ0v) is 15.2. The topological polar surface area (TPSA) is 70.7 Å². The van der Waals surface area contributed by atoms with Crippen LogP contribution < -0.4 is 20.3 Å². The van der Waals surface area contributed by atoms with Crippen molar-refractivity contribution in [2.45, 2.75) is 26.3 Å². The Morgan fingerprint density at radius 3 is 2.38 bits per heavy atom. The first-order chi connectivity index (χ1) is 12.5. The maximum atomic E-state index is 12.7. The predicted molar refractivity (Wildman–Crippen MR) is 102 cm³/mol. The number of benzene rings is 2. The molecule has 0 bridgehead atoms. The Hall–Kier alpha value is -3.02. The lowest BCUT2D eigenvalue weighted by atomic mass is 10.1. The Morgan fingerprint density at radius 2 is 1.77 bits per heavy atom. The molecule has 1 saturated heterocycles. The van der Waals surface area contributed by atoms with Crippen LogP contribution in [0.1, 0.15) is 17.5 Å². The molecule has 0 aromatic heterocycles. The number of ether oxygens (including phenoxy) is 1. The maximum absolute atomic E-state index is 12.7.